The predicted octanol–water partition coefficient (Wildman–Crippen LogP) is 4.60. The molecule has 8 rings (SSSR count). The molecule has 4 aliphatic carbocycles. The molecule has 3 spiro atoms. The van der Waals surface area contributed by atoms with Gasteiger partial charge in [0.2, 0.25) is 0 Å². The quantitative estimate of drug-likeness (QED) is 0.610. The second-order valence-corrected chi connectivity index (χ2v) is 12.8. The van der Waals surface area contributed by atoms with Gasteiger partial charge >= 0.3 is 0 Å². The van der Waals surface area contributed by atoms with E-state index in [0.717, 1.165) is 19.4 Å². The normalized spacial score (nSPS) is 49.4. The van der Waals surface area contributed by atoms with E-state index < -0.39 is 0 Å². The summed E-state index contributed by atoms with van der Waals surface area (Å²) in [5.41, 5.74) is 4.33. The molecule has 3 heterocycles. The summed E-state index contributed by atoms with van der Waals surface area (Å²) in [7, 11) is 2.37. The Morgan fingerprint density at radius 2 is 1.90 bits per heavy atom. The molecule has 0 amide bonds. The first-order chi connectivity index (χ1) is 14.6. The summed E-state index contributed by atoms with van der Waals surface area (Å²) < 4.78 is 20.5. The van der Waals surface area contributed by atoms with Gasteiger partial charge in [0.05, 0.1) is 5.60 Å². The Kier molecular flexibility index (Phi) is 3.34. The van der Waals surface area contributed by atoms with Gasteiger partial charge in [0.1, 0.15) is 24.2 Å². The number of hydrogen-bond donors (Lipinski definition) is 0. The zero-order chi connectivity index (χ0) is 21.6. The third kappa shape index (κ3) is 1.80. The standard InChI is InChI=1S/C27H37NO3/c1-16-7-8-17-13-19-25-9-10-27(18(14-25)24(5,23(2,3)4)29-15-30-27)22-26(25,11-12-28(19)6)20(17)21(16)31-22/h7-8,18-19,22H,9-15H2,1-6H3/t18-,19-,22-,24+,25?,26+,27-/m1/s1. The van der Waals surface area contributed by atoms with Crippen LogP contribution in [0.25, 0.3) is 0 Å². The van der Waals surface area contributed by atoms with Crippen LogP contribution >= 0.6 is 0 Å². The molecule has 1 unspecified atom stereocenters. The van der Waals surface area contributed by atoms with E-state index in [9.17, 15) is 0 Å². The minimum atomic E-state index is -0.247. The Morgan fingerprint density at radius 1 is 1.10 bits per heavy atom. The molecule has 4 heteroatoms. The average Bonchev–Trinajstić information content (AvgIpc) is 3.09. The lowest BCUT2D eigenvalue weighted by Crippen LogP contribution is -2.84. The smallest absolute Gasteiger partial charge is 0.148 e. The number of ether oxygens (including phenoxy) is 3. The zero-order valence-corrected chi connectivity index (χ0v) is 20.0. The van der Waals surface area contributed by atoms with Crippen molar-refractivity contribution in [3.63, 3.8) is 0 Å². The summed E-state index contributed by atoms with van der Waals surface area (Å²) in [5, 5.41) is 0. The molecule has 4 nitrogen and oxygen atoms in total. The van der Waals surface area contributed by atoms with E-state index in [1.165, 1.54) is 36.1 Å². The Bertz CT molecular complexity index is 999. The average molecular weight is 424 g/mol. The predicted molar refractivity (Wildman–Crippen MR) is 119 cm³/mol. The third-order valence-electron chi connectivity index (χ3n) is 11.3. The number of likely N-dealkylation sites (tertiary alicyclic amines) is 1. The second-order valence-electron chi connectivity index (χ2n) is 12.8. The van der Waals surface area contributed by atoms with Gasteiger partial charge in [0.25, 0.3) is 0 Å². The van der Waals surface area contributed by atoms with E-state index >= 15 is 0 Å². The highest BCUT2D eigenvalue weighted by Gasteiger charge is 2.83. The van der Waals surface area contributed by atoms with Crippen LogP contribution in [0.15, 0.2) is 12.1 Å². The minimum Gasteiger partial charge on any atom is -0.486 e. The minimum absolute atomic E-state index is 0.0396. The van der Waals surface area contributed by atoms with Gasteiger partial charge in [0.15, 0.2) is 0 Å². The molecule has 168 valence electrons. The van der Waals surface area contributed by atoms with Gasteiger partial charge in [-0.15, -0.1) is 0 Å². The molecule has 3 saturated carbocycles. The first-order valence-electron chi connectivity index (χ1n) is 12.4. The first-order valence-corrected chi connectivity index (χ1v) is 12.4. The Hall–Kier alpha value is -1.10. The maximum absolute atomic E-state index is 7.14. The molecule has 0 aromatic heterocycles. The van der Waals surface area contributed by atoms with Crippen LogP contribution in [-0.4, -0.2) is 48.6 Å². The molecule has 1 aromatic rings. The molecule has 3 aliphatic heterocycles. The van der Waals surface area contributed by atoms with Gasteiger partial charge in [0, 0.05) is 28.4 Å². The number of benzene rings is 1. The third-order valence-corrected chi connectivity index (χ3v) is 11.3. The van der Waals surface area contributed by atoms with Crippen LogP contribution in [0, 0.1) is 23.7 Å². The fourth-order valence-electron chi connectivity index (χ4n) is 9.47. The molecular weight excluding hydrogens is 386 g/mol. The van der Waals surface area contributed by atoms with Crippen molar-refractivity contribution >= 4 is 0 Å². The van der Waals surface area contributed by atoms with Crippen LogP contribution in [-0.2, 0) is 21.3 Å². The van der Waals surface area contributed by atoms with Crippen molar-refractivity contribution < 1.29 is 14.2 Å². The van der Waals surface area contributed by atoms with E-state index in [1.54, 1.807) is 5.56 Å². The van der Waals surface area contributed by atoms with Crippen molar-refractivity contribution in [2.45, 2.75) is 95.5 Å². The van der Waals surface area contributed by atoms with Crippen molar-refractivity contribution in [3.8, 4) is 5.75 Å². The molecule has 4 bridgehead atoms. The number of rotatable bonds is 0. The molecule has 1 aromatic carbocycles. The van der Waals surface area contributed by atoms with E-state index in [2.05, 4.69) is 58.7 Å². The van der Waals surface area contributed by atoms with Crippen LogP contribution < -0.4 is 4.74 Å². The fourth-order valence-corrected chi connectivity index (χ4v) is 9.47. The molecule has 31 heavy (non-hydrogen) atoms. The van der Waals surface area contributed by atoms with Gasteiger partial charge in [-0.05, 0) is 76.1 Å². The van der Waals surface area contributed by atoms with Crippen LogP contribution in [0.3, 0.4) is 0 Å². The van der Waals surface area contributed by atoms with Gasteiger partial charge in [-0.3, -0.25) is 0 Å². The van der Waals surface area contributed by atoms with Crippen molar-refractivity contribution in [1.82, 2.24) is 4.90 Å². The van der Waals surface area contributed by atoms with Crippen molar-refractivity contribution in [2.75, 3.05) is 20.4 Å². The summed E-state index contributed by atoms with van der Waals surface area (Å²) in [6.07, 6.45) is 6.02. The number of nitrogens with zero attached hydrogens (tertiary/aromatic N) is 1. The fraction of sp³-hybridized carbons (Fsp3) is 0.778. The summed E-state index contributed by atoms with van der Waals surface area (Å²) >= 11 is 0. The number of aryl methyl sites for hydroxylation is 1. The van der Waals surface area contributed by atoms with Crippen molar-refractivity contribution in [2.24, 2.45) is 16.7 Å². The largest absolute Gasteiger partial charge is 0.486 e. The lowest BCUT2D eigenvalue weighted by Gasteiger charge is -2.76. The van der Waals surface area contributed by atoms with Gasteiger partial charge in [-0.25, -0.2) is 0 Å². The molecule has 0 N–H and O–H groups in total. The van der Waals surface area contributed by atoms with Gasteiger partial charge in [-0.1, -0.05) is 32.9 Å². The lowest BCUT2D eigenvalue weighted by atomic mass is 9.33. The molecular formula is C27H37NO3. The monoisotopic (exact) mass is 423 g/mol. The van der Waals surface area contributed by atoms with Gasteiger partial charge < -0.3 is 19.1 Å². The highest BCUT2D eigenvalue weighted by atomic mass is 16.7. The van der Waals surface area contributed by atoms with Crippen LogP contribution in [0.4, 0.5) is 0 Å². The van der Waals surface area contributed by atoms with Crippen molar-refractivity contribution in [1.29, 1.82) is 0 Å². The summed E-state index contributed by atoms with van der Waals surface area (Å²) in [6.45, 7) is 13.2. The Labute approximate surface area is 186 Å². The summed E-state index contributed by atoms with van der Waals surface area (Å²) in [4.78, 5) is 2.68. The molecule has 0 radical (unpaired) electrons. The molecule has 2 saturated heterocycles. The van der Waals surface area contributed by atoms with E-state index in [1.807, 2.05) is 0 Å². The van der Waals surface area contributed by atoms with Crippen molar-refractivity contribution in [3.05, 3.63) is 28.8 Å². The highest BCUT2D eigenvalue weighted by Crippen LogP contribution is 2.78. The topological polar surface area (TPSA) is 30.9 Å². The maximum atomic E-state index is 7.14. The maximum Gasteiger partial charge on any atom is 0.148 e. The summed E-state index contributed by atoms with van der Waals surface area (Å²) in [5.74, 6) is 1.55. The molecule has 5 fully saturated rings. The van der Waals surface area contributed by atoms with E-state index in [4.69, 9.17) is 14.2 Å². The summed E-state index contributed by atoms with van der Waals surface area (Å²) in [6, 6.07) is 5.28. The van der Waals surface area contributed by atoms with E-state index in [0.29, 0.717) is 18.8 Å². The highest BCUT2D eigenvalue weighted by molar-refractivity contribution is 5.61. The number of piperidine rings is 1. The Morgan fingerprint density at radius 3 is 2.68 bits per heavy atom. The molecule has 7 aliphatic rings. The number of likely N-dealkylation sites (N-methyl/N-ethyl adjacent to an activating group) is 1. The van der Waals surface area contributed by atoms with Crippen LogP contribution in [0.2, 0.25) is 0 Å². The number of fused-ring (bicyclic) bond motifs is 1. The SMILES string of the molecule is Cc1ccc2c3c1O[C@H]1[C@@]45CCC6(C[C@@H]4[C@@](C)(C(C)(C)C)OCO5)[C@@H](C2)N(C)CC[C@]316. The van der Waals surface area contributed by atoms with Gasteiger partial charge in [-0.2, -0.15) is 0 Å². The van der Waals surface area contributed by atoms with Crippen LogP contribution in [0.1, 0.15) is 70.1 Å². The molecule has 7 atom stereocenters. The Balaban J connectivity index is 1.53. The van der Waals surface area contributed by atoms with E-state index in [-0.39, 0.29) is 33.6 Å². The lowest BCUT2D eigenvalue weighted by molar-refractivity contribution is -0.389. The first kappa shape index (κ1) is 19.4. The second kappa shape index (κ2) is 5.34. The number of hydrogen-bond acceptors (Lipinski definition) is 4. The zero-order valence-electron chi connectivity index (χ0n) is 20.0. The van der Waals surface area contributed by atoms with Crippen LogP contribution in [0.5, 0.6) is 5.75 Å².